The van der Waals surface area contributed by atoms with Gasteiger partial charge in [0.2, 0.25) is 0 Å². The molecule has 0 aliphatic heterocycles. The third kappa shape index (κ3) is 3.51. The van der Waals surface area contributed by atoms with Crippen molar-refractivity contribution in [3.63, 3.8) is 0 Å². The van der Waals surface area contributed by atoms with E-state index in [1.54, 1.807) is 72.8 Å². The van der Waals surface area contributed by atoms with Gasteiger partial charge in [-0.3, -0.25) is 9.36 Å². The van der Waals surface area contributed by atoms with Gasteiger partial charge in [0.15, 0.2) is 0 Å². The standard InChI is InChI=1S/C23H16N2O4/c26-20-11-4-1-6-15(20)12-13-21-24-19-10-3-2-9-18(19)22(27)25(21)17-8-5-7-16(14-17)23(28)29/h1-14,26H,(H,28,29). The minimum absolute atomic E-state index is 0.0678. The van der Waals surface area contributed by atoms with Crippen molar-refractivity contribution < 1.29 is 15.0 Å². The SMILES string of the molecule is O=C(O)c1cccc(-n2c(C=Cc3ccccc3O)nc3ccccc3c2=O)c1. The molecule has 0 spiro atoms. The normalized spacial score (nSPS) is 11.2. The predicted octanol–water partition coefficient (Wildman–Crippen LogP) is 3.96. The van der Waals surface area contributed by atoms with E-state index in [1.807, 2.05) is 0 Å². The average Bonchev–Trinajstić information content (AvgIpc) is 2.73. The van der Waals surface area contributed by atoms with Crippen molar-refractivity contribution in [2.75, 3.05) is 0 Å². The summed E-state index contributed by atoms with van der Waals surface area (Å²) in [7, 11) is 0. The fourth-order valence-electron chi connectivity index (χ4n) is 3.08. The first kappa shape index (κ1) is 18.2. The quantitative estimate of drug-likeness (QED) is 0.556. The minimum atomic E-state index is -1.08. The highest BCUT2D eigenvalue weighted by molar-refractivity contribution is 5.88. The summed E-state index contributed by atoms with van der Waals surface area (Å²) in [6.07, 6.45) is 3.28. The summed E-state index contributed by atoms with van der Waals surface area (Å²) in [6.45, 7) is 0. The van der Waals surface area contributed by atoms with Crippen LogP contribution in [0.2, 0.25) is 0 Å². The van der Waals surface area contributed by atoms with Crippen molar-refractivity contribution in [2.24, 2.45) is 0 Å². The number of rotatable bonds is 4. The molecule has 4 aromatic rings. The number of phenolic OH excluding ortho intramolecular Hbond substituents is 1. The van der Waals surface area contributed by atoms with E-state index in [-0.39, 0.29) is 16.9 Å². The Morgan fingerprint density at radius 1 is 0.931 bits per heavy atom. The van der Waals surface area contributed by atoms with E-state index in [4.69, 9.17) is 0 Å². The molecule has 0 amide bonds. The van der Waals surface area contributed by atoms with Crippen molar-refractivity contribution in [3.8, 4) is 11.4 Å². The molecule has 29 heavy (non-hydrogen) atoms. The second kappa shape index (κ2) is 7.44. The summed E-state index contributed by atoms with van der Waals surface area (Å²) >= 11 is 0. The zero-order chi connectivity index (χ0) is 20.4. The second-order valence-electron chi connectivity index (χ2n) is 6.38. The molecule has 1 heterocycles. The van der Waals surface area contributed by atoms with E-state index in [0.29, 0.717) is 28.0 Å². The number of aromatic hydroxyl groups is 1. The van der Waals surface area contributed by atoms with Crippen molar-refractivity contribution >= 4 is 29.0 Å². The first-order chi connectivity index (χ1) is 14.0. The largest absolute Gasteiger partial charge is 0.507 e. The van der Waals surface area contributed by atoms with E-state index >= 15 is 0 Å². The van der Waals surface area contributed by atoms with Crippen LogP contribution in [0.25, 0.3) is 28.7 Å². The lowest BCUT2D eigenvalue weighted by molar-refractivity contribution is 0.0697. The lowest BCUT2D eigenvalue weighted by atomic mass is 10.1. The van der Waals surface area contributed by atoms with Crippen LogP contribution in [-0.4, -0.2) is 25.7 Å². The number of hydrogen-bond donors (Lipinski definition) is 2. The summed E-state index contributed by atoms with van der Waals surface area (Å²) in [5.74, 6) is -0.661. The Hall–Kier alpha value is -4.19. The summed E-state index contributed by atoms with van der Waals surface area (Å²) < 4.78 is 1.37. The van der Waals surface area contributed by atoms with Gasteiger partial charge in [0.1, 0.15) is 11.6 Å². The van der Waals surface area contributed by atoms with Gasteiger partial charge in [-0.2, -0.15) is 0 Å². The van der Waals surface area contributed by atoms with Crippen LogP contribution in [0.5, 0.6) is 5.75 Å². The third-order valence-electron chi connectivity index (χ3n) is 4.50. The van der Waals surface area contributed by atoms with Gasteiger partial charge < -0.3 is 10.2 Å². The molecule has 0 saturated heterocycles. The maximum Gasteiger partial charge on any atom is 0.335 e. The Morgan fingerprint density at radius 3 is 2.48 bits per heavy atom. The van der Waals surface area contributed by atoms with Crippen molar-refractivity contribution in [1.29, 1.82) is 0 Å². The first-order valence-corrected chi connectivity index (χ1v) is 8.86. The number of phenols is 1. The maximum atomic E-state index is 13.2. The highest BCUT2D eigenvalue weighted by Crippen LogP contribution is 2.20. The minimum Gasteiger partial charge on any atom is -0.507 e. The van der Waals surface area contributed by atoms with Gasteiger partial charge in [-0.25, -0.2) is 9.78 Å². The van der Waals surface area contributed by atoms with Crippen LogP contribution in [0.1, 0.15) is 21.7 Å². The van der Waals surface area contributed by atoms with E-state index in [9.17, 15) is 19.8 Å². The van der Waals surface area contributed by atoms with Crippen LogP contribution >= 0.6 is 0 Å². The highest BCUT2D eigenvalue weighted by Gasteiger charge is 2.13. The molecule has 0 unspecified atom stereocenters. The van der Waals surface area contributed by atoms with E-state index in [1.165, 1.54) is 16.7 Å². The van der Waals surface area contributed by atoms with E-state index in [2.05, 4.69) is 4.98 Å². The van der Waals surface area contributed by atoms with Gasteiger partial charge in [-0.05, 0) is 48.6 Å². The van der Waals surface area contributed by atoms with E-state index < -0.39 is 5.97 Å². The van der Waals surface area contributed by atoms with Gasteiger partial charge >= 0.3 is 5.97 Å². The van der Waals surface area contributed by atoms with Gasteiger partial charge in [0, 0.05) is 5.56 Å². The Kier molecular flexibility index (Phi) is 4.66. The number of carbonyl (C=O) groups is 1. The molecule has 4 rings (SSSR count). The smallest absolute Gasteiger partial charge is 0.335 e. The van der Waals surface area contributed by atoms with Crippen molar-refractivity contribution in [3.05, 3.63) is 100 Å². The van der Waals surface area contributed by atoms with Gasteiger partial charge in [0.25, 0.3) is 5.56 Å². The fraction of sp³-hybridized carbons (Fsp3) is 0. The Balaban J connectivity index is 1.97. The molecular formula is C23H16N2O4. The maximum absolute atomic E-state index is 13.2. The summed E-state index contributed by atoms with van der Waals surface area (Å²) in [5.41, 5.74) is 1.25. The third-order valence-corrected chi connectivity index (χ3v) is 4.50. The molecule has 1 aromatic heterocycles. The number of aromatic carboxylic acids is 1. The molecule has 2 N–H and O–H groups in total. The number of carboxylic acids is 1. The summed E-state index contributed by atoms with van der Waals surface area (Å²) in [5, 5.41) is 19.7. The zero-order valence-corrected chi connectivity index (χ0v) is 15.2. The van der Waals surface area contributed by atoms with Crippen LogP contribution < -0.4 is 5.56 Å². The Morgan fingerprint density at radius 2 is 1.69 bits per heavy atom. The second-order valence-corrected chi connectivity index (χ2v) is 6.38. The Bertz CT molecular complexity index is 1320. The fourth-order valence-corrected chi connectivity index (χ4v) is 3.08. The number of nitrogens with zero attached hydrogens (tertiary/aromatic N) is 2. The van der Waals surface area contributed by atoms with Crippen LogP contribution in [-0.2, 0) is 0 Å². The number of carboxylic acid groups (broad SMARTS) is 1. The van der Waals surface area contributed by atoms with Gasteiger partial charge in [0.05, 0.1) is 22.2 Å². The first-order valence-electron chi connectivity index (χ1n) is 8.86. The lowest BCUT2D eigenvalue weighted by Crippen LogP contribution is -2.22. The van der Waals surface area contributed by atoms with Crippen LogP contribution in [0.3, 0.4) is 0 Å². The predicted molar refractivity (Wildman–Crippen MR) is 111 cm³/mol. The number of benzene rings is 3. The monoisotopic (exact) mass is 384 g/mol. The zero-order valence-electron chi connectivity index (χ0n) is 15.2. The molecule has 0 bridgehead atoms. The number of fused-ring (bicyclic) bond motifs is 1. The van der Waals surface area contributed by atoms with Crippen LogP contribution in [0, 0.1) is 0 Å². The number of aromatic nitrogens is 2. The summed E-state index contributed by atoms with van der Waals surface area (Å²) in [6, 6.07) is 19.9. The molecule has 0 atom stereocenters. The summed E-state index contributed by atoms with van der Waals surface area (Å²) in [4.78, 5) is 29.2. The molecular weight excluding hydrogens is 368 g/mol. The molecule has 0 aliphatic rings. The molecule has 6 nitrogen and oxygen atoms in total. The van der Waals surface area contributed by atoms with Crippen LogP contribution in [0.15, 0.2) is 77.6 Å². The molecule has 0 fully saturated rings. The molecule has 3 aromatic carbocycles. The number of para-hydroxylation sites is 2. The Labute approximate surface area is 165 Å². The average molecular weight is 384 g/mol. The van der Waals surface area contributed by atoms with E-state index in [0.717, 1.165) is 0 Å². The lowest BCUT2D eigenvalue weighted by Gasteiger charge is -2.12. The van der Waals surface area contributed by atoms with Crippen LogP contribution in [0.4, 0.5) is 0 Å². The van der Waals surface area contributed by atoms with Crippen molar-refractivity contribution in [2.45, 2.75) is 0 Å². The van der Waals surface area contributed by atoms with Crippen molar-refractivity contribution in [1.82, 2.24) is 9.55 Å². The highest BCUT2D eigenvalue weighted by atomic mass is 16.4. The molecule has 0 aliphatic carbocycles. The number of hydrogen-bond acceptors (Lipinski definition) is 4. The molecule has 0 saturated carbocycles. The van der Waals surface area contributed by atoms with Gasteiger partial charge in [-0.1, -0.05) is 36.4 Å². The van der Waals surface area contributed by atoms with Gasteiger partial charge in [-0.15, -0.1) is 0 Å². The topological polar surface area (TPSA) is 92.4 Å². The molecule has 142 valence electrons. The molecule has 6 heteroatoms. The molecule has 0 radical (unpaired) electrons.